The van der Waals surface area contributed by atoms with Crippen LogP contribution in [0.3, 0.4) is 0 Å². The Balaban J connectivity index is 1.58. The number of hydrogen-bond donors (Lipinski definition) is 3. The second-order valence-corrected chi connectivity index (χ2v) is 8.54. The molecule has 0 radical (unpaired) electrons. The van der Waals surface area contributed by atoms with E-state index >= 15 is 0 Å². The number of carbonyl (C=O) groups is 2. The normalized spacial score (nSPS) is 11.6. The summed E-state index contributed by atoms with van der Waals surface area (Å²) in [5.74, 6) is -1.17. The molecule has 0 aliphatic rings. The fraction of sp³-hybridized carbons (Fsp3) is 0.125. The van der Waals surface area contributed by atoms with Gasteiger partial charge >= 0.3 is 18.6 Å². The van der Waals surface area contributed by atoms with Crippen molar-refractivity contribution in [2.75, 3.05) is 15.5 Å². The third kappa shape index (κ3) is 7.84. The average Bonchev–Trinajstić information content (AvgIpc) is 3.41. The van der Waals surface area contributed by atoms with Crippen LogP contribution in [0.25, 0.3) is 0 Å². The fourth-order valence-corrected chi connectivity index (χ4v) is 3.68. The van der Waals surface area contributed by atoms with Crippen LogP contribution in [-0.4, -0.2) is 38.9 Å². The number of aromatic nitrogens is 4. The number of hydrogen-bond acceptors (Lipinski definition) is 6. The molecule has 41 heavy (non-hydrogen) atoms. The Morgan fingerprint density at radius 2 is 1.61 bits per heavy atom. The van der Waals surface area contributed by atoms with Gasteiger partial charge in [0, 0.05) is 16.9 Å². The average molecular weight is 600 g/mol. The number of H-pyrrole nitrogens is 1. The number of benzene rings is 3. The van der Waals surface area contributed by atoms with E-state index in [2.05, 4.69) is 36.0 Å². The second kappa shape index (κ2) is 11.7. The van der Waals surface area contributed by atoms with Crippen LogP contribution < -0.4 is 20.3 Å². The standard InChI is InChI=1S/C24H16ClF6N7O3/c25-19-10-5-15(11-18(19)23(26,27)28)32-22(40)38(16-6-8-17(9-7-16)41-24(29,30)31)12-13-1-3-14(4-2-13)20(39)33-21-34-36-37-35-21/h1-11H,12H2,(H,32,40)(H2,33,34,35,36,37,39). The number of alkyl halides is 6. The molecule has 0 saturated heterocycles. The minimum absolute atomic E-state index is 0.0595. The van der Waals surface area contributed by atoms with Crippen molar-refractivity contribution in [1.29, 1.82) is 0 Å². The molecule has 1 heterocycles. The number of nitrogens with zero attached hydrogens (tertiary/aromatic N) is 4. The highest BCUT2D eigenvalue weighted by Gasteiger charge is 2.34. The number of aromatic amines is 1. The van der Waals surface area contributed by atoms with Crippen LogP contribution in [-0.2, 0) is 12.7 Å². The Kier molecular flexibility index (Phi) is 8.32. The molecule has 3 amide bonds. The van der Waals surface area contributed by atoms with Gasteiger partial charge in [-0.3, -0.25) is 15.0 Å². The zero-order chi connectivity index (χ0) is 29.8. The summed E-state index contributed by atoms with van der Waals surface area (Å²) in [6.07, 6.45) is -9.73. The molecule has 17 heteroatoms. The van der Waals surface area contributed by atoms with Gasteiger partial charge in [-0.1, -0.05) is 28.8 Å². The van der Waals surface area contributed by atoms with Gasteiger partial charge in [0.25, 0.3) is 11.9 Å². The van der Waals surface area contributed by atoms with Gasteiger partial charge in [0.2, 0.25) is 0 Å². The van der Waals surface area contributed by atoms with E-state index in [0.717, 1.165) is 41.3 Å². The lowest BCUT2D eigenvalue weighted by molar-refractivity contribution is -0.274. The number of ether oxygens (including phenoxy) is 1. The molecular weight excluding hydrogens is 584 g/mol. The lowest BCUT2D eigenvalue weighted by atomic mass is 10.1. The summed E-state index contributed by atoms with van der Waals surface area (Å²) < 4.78 is 81.4. The summed E-state index contributed by atoms with van der Waals surface area (Å²) in [7, 11) is 0. The first-order valence-corrected chi connectivity index (χ1v) is 11.6. The van der Waals surface area contributed by atoms with Gasteiger partial charge in [0.05, 0.1) is 17.1 Å². The van der Waals surface area contributed by atoms with E-state index in [0.29, 0.717) is 11.6 Å². The van der Waals surface area contributed by atoms with Gasteiger partial charge in [0.1, 0.15) is 5.75 Å². The molecule has 1 aromatic heterocycles. The zero-order valence-corrected chi connectivity index (χ0v) is 21.0. The van der Waals surface area contributed by atoms with Crippen molar-refractivity contribution in [3.05, 3.63) is 88.4 Å². The highest BCUT2D eigenvalue weighted by molar-refractivity contribution is 6.31. The quantitative estimate of drug-likeness (QED) is 0.215. The molecule has 3 aromatic carbocycles. The van der Waals surface area contributed by atoms with Crippen molar-refractivity contribution >= 4 is 40.9 Å². The number of nitrogens with one attached hydrogen (secondary N) is 3. The maximum atomic E-state index is 13.3. The Hall–Kier alpha value is -4.86. The maximum absolute atomic E-state index is 13.3. The molecule has 3 N–H and O–H groups in total. The van der Waals surface area contributed by atoms with Crippen molar-refractivity contribution in [2.45, 2.75) is 19.1 Å². The number of urea groups is 1. The number of rotatable bonds is 7. The van der Waals surface area contributed by atoms with Crippen LogP contribution in [0.15, 0.2) is 66.7 Å². The molecule has 0 spiro atoms. The van der Waals surface area contributed by atoms with E-state index in [1.165, 1.54) is 24.3 Å². The molecule has 0 saturated carbocycles. The van der Waals surface area contributed by atoms with Crippen molar-refractivity contribution in [2.24, 2.45) is 0 Å². The topological polar surface area (TPSA) is 125 Å². The van der Waals surface area contributed by atoms with Crippen LogP contribution in [0, 0.1) is 0 Å². The highest BCUT2D eigenvalue weighted by Crippen LogP contribution is 2.36. The van der Waals surface area contributed by atoms with Gasteiger partial charge < -0.3 is 10.1 Å². The molecule has 4 rings (SSSR count). The number of halogens is 7. The molecule has 10 nitrogen and oxygen atoms in total. The maximum Gasteiger partial charge on any atom is 0.573 e. The third-order valence-corrected chi connectivity index (χ3v) is 5.61. The third-order valence-electron chi connectivity index (χ3n) is 5.28. The molecule has 0 aliphatic heterocycles. The molecule has 0 bridgehead atoms. The summed E-state index contributed by atoms with van der Waals surface area (Å²) in [6.45, 7) is -0.197. The van der Waals surface area contributed by atoms with Gasteiger partial charge in [-0.2, -0.15) is 18.4 Å². The van der Waals surface area contributed by atoms with Crippen LogP contribution in [0.2, 0.25) is 5.02 Å². The lowest BCUT2D eigenvalue weighted by Gasteiger charge is -2.24. The summed E-state index contributed by atoms with van der Waals surface area (Å²) in [4.78, 5) is 26.6. The zero-order valence-electron chi connectivity index (χ0n) is 20.2. The first kappa shape index (κ1) is 29.1. The summed E-state index contributed by atoms with van der Waals surface area (Å²) in [5.41, 5.74) is -0.668. The number of carbonyl (C=O) groups excluding carboxylic acids is 2. The van der Waals surface area contributed by atoms with Gasteiger partial charge in [-0.05, 0) is 65.4 Å². The SMILES string of the molecule is O=C(Nc1nn[nH]n1)c1ccc(CN(C(=O)Nc2ccc(Cl)c(C(F)(F)F)c2)c2ccc(OC(F)(F)F)cc2)cc1. The molecule has 0 aliphatic carbocycles. The van der Waals surface area contributed by atoms with Crippen molar-refractivity contribution in [3.8, 4) is 5.75 Å². The van der Waals surface area contributed by atoms with Gasteiger partial charge in [-0.25, -0.2) is 4.79 Å². The summed E-state index contributed by atoms with van der Waals surface area (Å²) in [5, 5.41) is 16.9. The minimum atomic E-state index is -4.94. The minimum Gasteiger partial charge on any atom is -0.406 e. The van der Waals surface area contributed by atoms with E-state index in [1.807, 2.05) is 0 Å². The first-order valence-electron chi connectivity index (χ1n) is 11.2. The predicted molar refractivity (Wildman–Crippen MR) is 133 cm³/mol. The van der Waals surface area contributed by atoms with Crippen molar-refractivity contribution in [1.82, 2.24) is 20.6 Å². The number of amides is 3. The smallest absolute Gasteiger partial charge is 0.406 e. The van der Waals surface area contributed by atoms with E-state index in [9.17, 15) is 35.9 Å². The second-order valence-electron chi connectivity index (χ2n) is 8.14. The molecule has 0 unspecified atom stereocenters. The van der Waals surface area contributed by atoms with Crippen molar-refractivity contribution in [3.63, 3.8) is 0 Å². The van der Waals surface area contributed by atoms with Crippen LogP contribution >= 0.6 is 11.6 Å². The van der Waals surface area contributed by atoms with Gasteiger partial charge in [0.15, 0.2) is 0 Å². The lowest BCUT2D eigenvalue weighted by Crippen LogP contribution is -2.34. The van der Waals surface area contributed by atoms with Crippen LogP contribution in [0.1, 0.15) is 21.5 Å². The Morgan fingerprint density at radius 1 is 0.927 bits per heavy atom. The Morgan fingerprint density at radius 3 is 2.20 bits per heavy atom. The Bertz CT molecular complexity index is 1510. The molecular formula is C24H16ClF6N7O3. The molecule has 4 aromatic rings. The summed E-state index contributed by atoms with van der Waals surface area (Å²) >= 11 is 5.64. The molecule has 0 fully saturated rings. The van der Waals surface area contributed by atoms with E-state index in [-0.39, 0.29) is 29.4 Å². The number of tetrazole rings is 1. The predicted octanol–water partition coefficient (Wildman–Crippen LogP) is 6.26. The largest absolute Gasteiger partial charge is 0.573 e. The van der Waals surface area contributed by atoms with Crippen LogP contribution in [0.4, 0.5) is 48.5 Å². The van der Waals surface area contributed by atoms with Crippen LogP contribution in [0.5, 0.6) is 5.75 Å². The molecule has 0 atom stereocenters. The number of anilines is 3. The van der Waals surface area contributed by atoms with E-state index in [4.69, 9.17) is 11.6 Å². The van der Waals surface area contributed by atoms with E-state index in [1.54, 1.807) is 0 Å². The van der Waals surface area contributed by atoms with Gasteiger partial charge in [-0.15, -0.1) is 18.3 Å². The van der Waals surface area contributed by atoms with Crippen molar-refractivity contribution < 1.29 is 40.7 Å². The summed E-state index contributed by atoms with van der Waals surface area (Å²) in [6, 6.07) is 12.0. The first-order chi connectivity index (χ1) is 19.3. The van der Waals surface area contributed by atoms with E-state index < -0.39 is 40.8 Å². The monoisotopic (exact) mass is 599 g/mol. The Labute approximate surface area is 231 Å². The highest BCUT2D eigenvalue weighted by atomic mass is 35.5. The molecule has 214 valence electrons. The fourth-order valence-electron chi connectivity index (χ4n) is 3.45.